The van der Waals surface area contributed by atoms with Crippen LogP contribution in [0.3, 0.4) is 0 Å². The molecule has 90 valence electrons. The van der Waals surface area contributed by atoms with E-state index < -0.39 is 0 Å². The molecule has 3 atom stereocenters. The molecule has 17 heavy (non-hydrogen) atoms. The standard InChI is InChI=1S/C13H15ClN2O/c1-16-6-9-5-13(9)4-8-2-3-11(14)15-12(8)17-10(13)7-16/h2-3,9-10H,4-7H2,1H3/t9-,10-,13-/m0/s1. The Morgan fingerprint density at radius 2 is 2.35 bits per heavy atom. The Labute approximate surface area is 106 Å². The number of piperidine rings is 1. The fraction of sp³-hybridized carbons (Fsp3) is 0.615. The summed E-state index contributed by atoms with van der Waals surface area (Å²) < 4.78 is 6.09. The number of aromatic nitrogens is 1. The van der Waals surface area contributed by atoms with E-state index in [4.69, 9.17) is 16.3 Å². The lowest BCUT2D eigenvalue weighted by Crippen LogP contribution is -2.49. The number of ether oxygens (including phenoxy) is 1. The van der Waals surface area contributed by atoms with E-state index in [1.807, 2.05) is 6.07 Å². The van der Waals surface area contributed by atoms with Gasteiger partial charge in [0.25, 0.3) is 0 Å². The fourth-order valence-corrected chi connectivity index (χ4v) is 3.75. The largest absolute Gasteiger partial charge is 0.472 e. The van der Waals surface area contributed by atoms with E-state index in [-0.39, 0.29) is 0 Å². The zero-order valence-corrected chi connectivity index (χ0v) is 10.6. The van der Waals surface area contributed by atoms with Crippen LogP contribution in [-0.4, -0.2) is 36.1 Å². The van der Waals surface area contributed by atoms with Crippen molar-refractivity contribution in [3.05, 3.63) is 22.8 Å². The van der Waals surface area contributed by atoms with Crippen molar-refractivity contribution in [3.8, 4) is 5.88 Å². The highest BCUT2D eigenvalue weighted by Gasteiger charge is 2.64. The quantitative estimate of drug-likeness (QED) is 0.659. The van der Waals surface area contributed by atoms with Gasteiger partial charge in [-0.15, -0.1) is 0 Å². The summed E-state index contributed by atoms with van der Waals surface area (Å²) in [5.74, 6) is 1.57. The predicted molar refractivity (Wildman–Crippen MR) is 65.4 cm³/mol. The number of pyridine rings is 1. The van der Waals surface area contributed by atoms with Crippen molar-refractivity contribution in [3.63, 3.8) is 0 Å². The molecular formula is C13H15ClN2O. The number of hydrogen-bond donors (Lipinski definition) is 0. The number of halogens is 1. The average molecular weight is 251 g/mol. The molecule has 1 aromatic rings. The topological polar surface area (TPSA) is 25.4 Å². The molecular weight excluding hydrogens is 236 g/mol. The Kier molecular flexibility index (Phi) is 1.88. The lowest BCUT2D eigenvalue weighted by Gasteiger charge is -2.40. The second-order valence-corrected chi connectivity index (χ2v) is 6.12. The molecule has 1 saturated heterocycles. The lowest BCUT2D eigenvalue weighted by molar-refractivity contribution is 0.0220. The average Bonchev–Trinajstić information content (AvgIpc) is 2.96. The first kappa shape index (κ1) is 10.2. The lowest BCUT2D eigenvalue weighted by atomic mass is 9.84. The number of likely N-dealkylation sites (tertiary alicyclic amines) is 1. The van der Waals surface area contributed by atoms with Crippen molar-refractivity contribution >= 4 is 11.6 Å². The third-order valence-electron chi connectivity index (χ3n) is 4.61. The van der Waals surface area contributed by atoms with E-state index in [9.17, 15) is 0 Å². The van der Waals surface area contributed by atoms with Crippen LogP contribution in [0, 0.1) is 11.3 Å². The van der Waals surface area contributed by atoms with Gasteiger partial charge < -0.3 is 9.64 Å². The maximum absolute atomic E-state index is 6.09. The summed E-state index contributed by atoms with van der Waals surface area (Å²) in [7, 11) is 2.17. The van der Waals surface area contributed by atoms with Gasteiger partial charge in [0.05, 0.1) is 0 Å². The van der Waals surface area contributed by atoms with Crippen molar-refractivity contribution in [2.45, 2.75) is 18.9 Å². The summed E-state index contributed by atoms with van der Waals surface area (Å²) in [4.78, 5) is 6.68. The molecule has 0 bridgehead atoms. The molecule has 2 aliphatic heterocycles. The van der Waals surface area contributed by atoms with Crippen LogP contribution in [0.1, 0.15) is 12.0 Å². The molecule has 2 fully saturated rings. The third kappa shape index (κ3) is 1.36. The Morgan fingerprint density at radius 1 is 1.47 bits per heavy atom. The fourth-order valence-electron chi connectivity index (χ4n) is 3.61. The summed E-state index contributed by atoms with van der Waals surface area (Å²) in [5, 5.41) is 0.524. The maximum atomic E-state index is 6.09. The summed E-state index contributed by atoms with van der Waals surface area (Å²) in [6, 6.07) is 3.94. The van der Waals surface area contributed by atoms with E-state index >= 15 is 0 Å². The van der Waals surface area contributed by atoms with Crippen LogP contribution in [0.2, 0.25) is 5.15 Å². The van der Waals surface area contributed by atoms with Gasteiger partial charge in [0, 0.05) is 24.1 Å². The summed E-state index contributed by atoms with van der Waals surface area (Å²) in [5.41, 5.74) is 1.65. The first-order valence-electron chi connectivity index (χ1n) is 6.18. The monoisotopic (exact) mass is 250 g/mol. The van der Waals surface area contributed by atoms with Crippen LogP contribution in [-0.2, 0) is 6.42 Å². The predicted octanol–water partition coefficient (Wildman–Crippen LogP) is 1.99. The molecule has 3 aliphatic rings. The second kappa shape index (κ2) is 3.15. The maximum Gasteiger partial charge on any atom is 0.218 e. The minimum atomic E-state index is 0.310. The van der Waals surface area contributed by atoms with E-state index in [0.29, 0.717) is 16.7 Å². The summed E-state index contributed by atoms with van der Waals surface area (Å²) in [6.45, 7) is 2.24. The third-order valence-corrected chi connectivity index (χ3v) is 4.82. The van der Waals surface area contributed by atoms with Crippen LogP contribution >= 0.6 is 11.6 Å². The number of fused-ring (bicyclic) bond motifs is 1. The van der Waals surface area contributed by atoms with Crippen LogP contribution < -0.4 is 4.74 Å². The van der Waals surface area contributed by atoms with Crippen molar-refractivity contribution in [1.29, 1.82) is 0 Å². The Balaban J connectivity index is 1.73. The van der Waals surface area contributed by atoms with Gasteiger partial charge >= 0.3 is 0 Å². The summed E-state index contributed by atoms with van der Waals surface area (Å²) in [6.07, 6.45) is 2.74. The number of nitrogens with zero attached hydrogens (tertiary/aromatic N) is 2. The molecule has 1 aliphatic carbocycles. The number of likely N-dealkylation sites (N-methyl/N-ethyl adjacent to an activating group) is 1. The first-order valence-corrected chi connectivity index (χ1v) is 6.56. The van der Waals surface area contributed by atoms with Gasteiger partial charge in [-0.25, -0.2) is 4.98 Å². The SMILES string of the molecule is CN1C[C@@H]2C[C@@]23Cc2ccc(Cl)nc2O[C@H]3C1. The second-order valence-electron chi connectivity index (χ2n) is 5.74. The zero-order chi connectivity index (χ0) is 11.6. The van der Waals surface area contributed by atoms with Crippen molar-refractivity contribution in [2.75, 3.05) is 20.1 Å². The smallest absolute Gasteiger partial charge is 0.218 e. The van der Waals surface area contributed by atoms with Gasteiger partial charge in [0.1, 0.15) is 11.3 Å². The van der Waals surface area contributed by atoms with Gasteiger partial charge in [0.2, 0.25) is 5.88 Å². The van der Waals surface area contributed by atoms with Gasteiger partial charge in [-0.3, -0.25) is 0 Å². The molecule has 1 saturated carbocycles. The number of hydrogen-bond acceptors (Lipinski definition) is 3. The normalized spacial score (nSPS) is 38.7. The minimum absolute atomic E-state index is 0.310. The van der Waals surface area contributed by atoms with Gasteiger partial charge in [-0.1, -0.05) is 17.7 Å². The Morgan fingerprint density at radius 3 is 3.24 bits per heavy atom. The molecule has 3 heterocycles. The molecule has 1 spiro atoms. The van der Waals surface area contributed by atoms with Crippen LogP contribution in [0.25, 0.3) is 0 Å². The van der Waals surface area contributed by atoms with E-state index in [2.05, 4.69) is 23.0 Å². The highest BCUT2D eigenvalue weighted by atomic mass is 35.5. The molecule has 4 rings (SSSR count). The van der Waals surface area contributed by atoms with Gasteiger partial charge in [-0.2, -0.15) is 0 Å². The molecule has 1 aromatic heterocycles. The van der Waals surface area contributed by atoms with Crippen LogP contribution in [0.15, 0.2) is 12.1 Å². The van der Waals surface area contributed by atoms with Crippen molar-refractivity contribution in [1.82, 2.24) is 9.88 Å². The summed E-state index contributed by atoms with van der Waals surface area (Å²) >= 11 is 5.92. The van der Waals surface area contributed by atoms with Gasteiger partial charge in [-0.05, 0) is 31.9 Å². The van der Waals surface area contributed by atoms with E-state index in [1.165, 1.54) is 18.5 Å². The van der Waals surface area contributed by atoms with E-state index in [0.717, 1.165) is 24.8 Å². The molecule has 0 amide bonds. The Hall–Kier alpha value is -0.800. The van der Waals surface area contributed by atoms with E-state index in [1.54, 1.807) is 0 Å². The minimum Gasteiger partial charge on any atom is -0.472 e. The molecule has 4 heteroatoms. The number of rotatable bonds is 0. The highest BCUT2D eigenvalue weighted by Crippen LogP contribution is 2.62. The Bertz CT molecular complexity index is 492. The molecule has 0 unspecified atom stereocenters. The zero-order valence-electron chi connectivity index (χ0n) is 9.82. The van der Waals surface area contributed by atoms with Crippen molar-refractivity contribution < 1.29 is 4.74 Å². The molecule has 3 nitrogen and oxygen atoms in total. The van der Waals surface area contributed by atoms with Crippen molar-refractivity contribution in [2.24, 2.45) is 11.3 Å². The highest BCUT2D eigenvalue weighted by molar-refractivity contribution is 6.29. The van der Waals surface area contributed by atoms with Gasteiger partial charge in [0.15, 0.2) is 0 Å². The first-order chi connectivity index (χ1) is 8.17. The molecule has 0 radical (unpaired) electrons. The van der Waals surface area contributed by atoms with Crippen LogP contribution in [0.4, 0.5) is 0 Å². The molecule has 0 N–H and O–H groups in total. The molecule has 0 aromatic carbocycles. The van der Waals surface area contributed by atoms with Crippen LogP contribution in [0.5, 0.6) is 5.88 Å².